The molecule has 0 saturated heterocycles. The number of phenols is 1. The Labute approximate surface area is 270 Å². The van der Waals surface area contributed by atoms with Crippen molar-refractivity contribution in [1.82, 2.24) is 16.0 Å². The lowest BCUT2D eigenvalue weighted by atomic mass is 10.00. The van der Waals surface area contributed by atoms with E-state index in [4.69, 9.17) is 0 Å². The number of phenolic OH excluding ortho intramolecular Hbond substituents is 1. The number of nitrogens with zero attached hydrogens (tertiary/aromatic N) is 1. The van der Waals surface area contributed by atoms with Gasteiger partial charge < -0.3 is 26.2 Å². The van der Waals surface area contributed by atoms with E-state index in [2.05, 4.69) is 16.0 Å². The van der Waals surface area contributed by atoms with E-state index in [1.165, 1.54) is 25.2 Å². The van der Waals surface area contributed by atoms with Gasteiger partial charge in [0, 0.05) is 31.3 Å². The number of carbonyl (C=O) groups excluding carboxylic acids is 2. The highest BCUT2D eigenvalue weighted by atomic mass is 32.2. The van der Waals surface area contributed by atoms with Gasteiger partial charge in [-0.15, -0.1) is 0 Å². The summed E-state index contributed by atoms with van der Waals surface area (Å²) in [7, 11) is -2.37. The lowest BCUT2D eigenvalue weighted by molar-refractivity contribution is 0.0830. The molecule has 0 aliphatic heterocycles. The third-order valence-electron chi connectivity index (χ3n) is 7.62. The van der Waals surface area contributed by atoms with Crippen LogP contribution < -0.4 is 20.3 Å². The van der Waals surface area contributed by atoms with E-state index in [1.54, 1.807) is 18.2 Å². The van der Waals surface area contributed by atoms with Gasteiger partial charge in [0.2, 0.25) is 10.0 Å². The van der Waals surface area contributed by atoms with Gasteiger partial charge in [-0.3, -0.25) is 13.9 Å². The van der Waals surface area contributed by atoms with Crippen molar-refractivity contribution in [3.05, 3.63) is 131 Å². The monoisotopic (exact) mass is 644 g/mol. The number of carbonyl (C=O) groups is 2. The number of aromatic hydroxyl groups is 1. The Hall–Kier alpha value is -4.71. The van der Waals surface area contributed by atoms with Crippen LogP contribution in [0.15, 0.2) is 103 Å². The summed E-state index contributed by atoms with van der Waals surface area (Å²) in [6.07, 6.45) is 0.331. The fourth-order valence-corrected chi connectivity index (χ4v) is 5.42. The molecular formula is C35H40N4O6S. The number of aliphatic hydroxyl groups excluding tert-OH is 1. The maximum absolute atomic E-state index is 13.8. The van der Waals surface area contributed by atoms with E-state index >= 15 is 0 Å². The standard InChI is InChI=1S/C35H40N4O6S/c1-24(27-14-8-5-9-15-27)37-34(42)28-19-29(21-30(20-28)39(2)46(3,44)45)35(43)38-32(18-25-11-6-4-7-12-25)33(41)23-36-22-26-13-10-16-31(40)17-26/h4-17,19-21,24,32-33,36,40-41H,18,22-23H2,1-3H3,(H,37,42)(H,38,43)/t24-,32+,33-/m1/s1. The molecule has 0 unspecified atom stereocenters. The first kappa shape index (κ1) is 34.2. The normalized spacial score (nSPS) is 13.3. The molecule has 5 N–H and O–H groups in total. The molecule has 2 amide bonds. The Kier molecular flexibility index (Phi) is 11.5. The number of nitrogens with one attached hydrogen (secondary N) is 3. The molecule has 0 aliphatic carbocycles. The summed E-state index contributed by atoms with van der Waals surface area (Å²) in [5, 5.41) is 29.9. The average Bonchev–Trinajstić information content (AvgIpc) is 3.04. The first-order valence-corrected chi connectivity index (χ1v) is 16.7. The molecule has 4 rings (SSSR count). The predicted molar refractivity (Wildman–Crippen MR) is 179 cm³/mol. The van der Waals surface area contributed by atoms with Gasteiger partial charge in [0.05, 0.1) is 30.1 Å². The topological polar surface area (TPSA) is 148 Å². The smallest absolute Gasteiger partial charge is 0.251 e. The number of hydrogen-bond donors (Lipinski definition) is 5. The van der Waals surface area contributed by atoms with Crippen LogP contribution in [0.5, 0.6) is 5.75 Å². The second-order valence-corrected chi connectivity index (χ2v) is 13.3. The molecule has 4 aromatic rings. The van der Waals surface area contributed by atoms with Crippen molar-refractivity contribution in [3.63, 3.8) is 0 Å². The molecule has 242 valence electrons. The Balaban J connectivity index is 1.58. The molecule has 0 fully saturated rings. The number of rotatable bonds is 14. The number of aliphatic hydroxyl groups is 1. The summed E-state index contributed by atoms with van der Waals surface area (Å²) < 4.78 is 25.8. The number of anilines is 1. The van der Waals surface area contributed by atoms with Gasteiger partial charge in [-0.25, -0.2) is 8.42 Å². The predicted octanol–water partition coefficient (Wildman–Crippen LogP) is 3.77. The Bertz CT molecular complexity index is 1730. The van der Waals surface area contributed by atoms with Crippen molar-refractivity contribution in [3.8, 4) is 5.75 Å². The fraction of sp³-hybridized carbons (Fsp3) is 0.257. The first-order valence-electron chi connectivity index (χ1n) is 14.9. The number of amides is 2. The van der Waals surface area contributed by atoms with Crippen LogP contribution in [0.2, 0.25) is 0 Å². The van der Waals surface area contributed by atoms with Crippen LogP contribution in [0.3, 0.4) is 0 Å². The van der Waals surface area contributed by atoms with Crippen LogP contribution >= 0.6 is 0 Å². The van der Waals surface area contributed by atoms with E-state index in [0.717, 1.165) is 27.3 Å². The quantitative estimate of drug-likeness (QED) is 0.140. The van der Waals surface area contributed by atoms with Gasteiger partial charge in [0.1, 0.15) is 5.75 Å². The van der Waals surface area contributed by atoms with Crippen LogP contribution in [0.25, 0.3) is 0 Å². The van der Waals surface area contributed by atoms with Gasteiger partial charge in [0.15, 0.2) is 0 Å². The Morgan fingerprint density at radius 1 is 0.804 bits per heavy atom. The van der Waals surface area contributed by atoms with Gasteiger partial charge in [-0.2, -0.15) is 0 Å². The molecule has 46 heavy (non-hydrogen) atoms. The summed E-state index contributed by atoms with van der Waals surface area (Å²) in [4.78, 5) is 27.1. The molecule has 0 aromatic heterocycles. The highest BCUT2D eigenvalue weighted by Gasteiger charge is 2.25. The van der Waals surface area contributed by atoms with Crippen molar-refractivity contribution in [2.24, 2.45) is 0 Å². The molecule has 0 spiro atoms. The minimum absolute atomic E-state index is 0.0588. The highest BCUT2D eigenvalue weighted by molar-refractivity contribution is 7.92. The number of sulfonamides is 1. The van der Waals surface area contributed by atoms with Gasteiger partial charge in [-0.05, 0) is 60.4 Å². The van der Waals surface area contributed by atoms with Gasteiger partial charge >= 0.3 is 0 Å². The van der Waals surface area contributed by atoms with E-state index in [-0.39, 0.29) is 35.2 Å². The number of hydrogen-bond acceptors (Lipinski definition) is 7. The van der Waals surface area contributed by atoms with Crippen molar-refractivity contribution < 1.29 is 28.2 Å². The molecule has 3 atom stereocenters. The van der Waals surface area contributed by atoms with E-state index < -0.39 is 34.0 Å². The van der Waals surface area contributed by atoms with Crippen LogP contribution in [0, 0.1) is 0 Å². The second kappa shape index (κ2) is 15.5. The molecule has 11 heteroatoms. The molecule has 0 aliphatic rings. The van der Waals surface area contributed by atoms with Crippen LogP contribution in [0.1, 0.15) is 50.4 Å². The van der Waals surface area contributed by atoms with Crippen molar-refractivity contribution in [1.29, 1.82) is 0 Å². The van der Waals surface area contributed by atoms with E-state index in [9.17, 15) is 28.2 Å². The summed E-state index contributed by atoms with van der Waals surface area (Å²) in [5.41, 5.74) is 2.90. The van der Waals surface area contributed by atoms with E-state index in [1.807, 2.05) is 73.7 Å². The zero-order valence-corrected chi connectivity index (χ0v) is 26.9. The molecule has 10 nitrogen and oxygen atoms in total. The molecular weight excluding hydrogens is 604 g/mol. The zero-order valence-electron chi connectivity index (χ0n) is 26.1. The minimum atomic E-state index is -3.71. The average molecular weight is 645 g/mol. The van der Waals surface area contributed by atoms with Crippen molar-refractivity contribution in [2.75, 3.05) is 24.2 Å². The lowest BCUT2D eigenvalue weighted by Crippen LogP contribution is -2.48. The third-order valence-corrected chi connectivity index (χ3v) is 8.83. The zero-order chi connectivity index (χ0) is 33.3. The Morgan fingerprint density at radius 2 is 1.39 bits per heavy atom. The molecule has 4 aromatic carbocycles. The van der Waals surface area contributed by atoms with E-state index in [0.29, 0.717) is 13.0 Å². The minimum Gasteiger partial charge on any atom is -0.508 e. The second-order valence-electron chi connectivity index (χ2n) is 11.2. The summed E-state index contributed by atoms with van der Waals surface area (Å²) in [6, 6.07) is 28.7. The maximum atomic E-state index is 13.8. The molecule has 0 radical (unpaired) electrons. The summed E-state index contributed by atoms with van der Waals surface area (Å²) in [5.74, 6) is -0.923. The van der Waals surface area contributed by atoms with Crippen LogP contribution in [-0.2, 0) is 23.0 Å². The van der Waals surface area contributed by atoms with Gasteiger partial charge in [-0.1, -0.05) is 72.8 Å². The number of benzene rings is 4. The van der Waals surface area contributed by atoms with Gasteiger partial charge in [0.25, 0.3) is 11.8 Å². The summed E-state index contributed by atoms with van der Waals surface area (Å²) in [6.45, 7) is 2.35. The maximum Gasteiger partial charge on any atom is 0.251 e. The molecule has 0 saturated carbocycles. The van der Waals surface area contributed by atoms with Crippen LogP contribution in [-0.4, -0.2) is 62.4 Å². The summed E-state index contributed by atoms with van der Waals surface area (Å²) >= 11 is 0. The molecule has 0 bridgehead atoms. The lowest BCUT2D eigenvalue weighted by Gasteiger charge is -2.25. The first-order chi connectivity index (χ1) is 21.9. The van der Waals surface area contributed by atoms with Crippen LogP contribution in [0.4, 0.5) is 5.69 Å². The van der Waals surface area contributed by atoms with Crippen molar-refractivity contribution in [2.45, 2.75) is 38.1 Å². The largest absolute Gasteiger partial charge is 0.508 e. The Morgan fingerprint density at radius 3 is 2.00 bits per heavy atom. The SMILES string of the molecule is C[C@@H](NC(=O)c1cc(C(=O)N[C@@H](Cc2ccccc2)[C@H](O)CNCc2cccc(O)c2)cc(N(C)S(C)(=O)=O)c1)c1ccccc1. The molecule has 0 heterocycles. The highest BCUT2D eigenvalue weighted by Crippen LogP contribution is 2.22. The fourth-order valence-electron chi connectivity index (χ4n) is 4.93. The van der Waals surface area contributed by atoms with Crippen molar-refractivity contribution >= 4 is 27.5 Å². The third kappa shape index (κ3) is 9.64.